The summed E-state index contributed by atoms with van der Waals surface area (Å²) in [6.45, 7) is 0.342. The first kappa shape index (κ1) is 9.57. The minimum absolute atomic E-state index is 0.219. The minimum Gasteiger partial charge on any atom is -0.264 e. The van der Waals surface area contributed by atoms with Crippen molar-refractivity contribution < 1.29 is 0 Å². The second-order valence-corrected chi connectivity index (χ2v) is 3.33. The fourth-order valence-corrected chi connectivity index (χ4v) is 1.74. The molecule has 0 saturated carbocycles. The first-order valence-electron chi connectivity index (χ1n) is 3.63. The summed E-state index contributed by atoms with van der Waals surface area (Å²) in [4.78, 5) is 14.1. The summed E-state index contributed by atoms with van der Waals surface area (Å²) in [5, 5.41) is 2.90. The lowest BCUT2D eigenvalue weighted by Gasteiger charge is -2.08. The van der Waals surface area contributed by atoms with Gasteiger partial charge in [0.05, 0.1) is 6.54 Å². The number of halogens is 1. The maximum atomic E-state index is 10.1. The summed E-state index contributed by atoms with van der Waals surface area (Å²) >= 11 is 2.25. The molecule has 0 saturated heterocycles. The Kier molecular flexibility index (Phi) is 4.13. The third-order valence-electron chi connectivity index (χ3n) is 1.64. The monoisotopic (exact) mass is 276 g/mol. The zero-order valence-electron chi connectivity index (χ0n) is 6.48. The maximum absolute atomic E-state index is 10.1. The molecule has 0 spiro atoms. The molecule has 3 nitrogen and oxygen atoms in total. The molecular formula is C8H9IN2O. The van der Waals surface area contributed by atoms with Crippen molar-refractivity contribution in [3.63, 3.8) is 0 Å². The highest BCUT2D eigenvalue weighted by Gasteiger charge is 2.09. The first-order valence-corrected chi connectivity index (χ1v) is 5.16. The fourth-order valence-electron chi connectivity index (χ4n) is 0.951. The first-order chi connectivity index (χ1) is 5.88. The highest BCUT2D eigenvalue weighted by Crippen LogP contribution is 2.17. The zero-order chi connectivity index (χ0) is 8.81. The van der Waals surface area contributed by atoms with E-state index in [1.807, 2.05) is 12.1 Å². The van der Waals surface area contributed by atoms with Crippen LogP contribution in [0.15, 0.2) is 29.7 Å². The maximum Gasteiger partial charge on any atom is 0.0887 e. The number of aromatic nitrogens is 1. The number of pyridine rings is 1. The molecule has 1 atom stereocenters. The van der Waals surface area contributed by atoms with Crippen LogP contribution < -0.4 is 0 Å². The molecule has 1 heterocycles. The molecule has 12 heavy (non-hydrogen) atoms. The highest BCUT2D eigenvalue weighted by atomic mass is 127. The predicted octanol–water partition coefficient (Wildman–Crippen LogP) is 2.37. The normalized spacial score (nSPS) is 12.4. The number of hydrogen-bond donors (Lipinski definition) is 0. The average molecular weight is 276 g/mol. The van der Waals surface area contributed by atoms with Crippen molar-refractivity contribution in [3.05, 3.63) is 35.0 Å². The number of alkyl halides is 1. The predicted molar refractivity (Wildman–Crippen MR) is 56.5 cm³/mol. The van der Waals surface area contributed by atoms with Gasteiger partial charge in [-0.3, -0.25) is 4.98 Å². The summed E-state index contributed by atoms with van der Waals surface area (Å²) in [5.41, 5.74) is 1.09. The molecule has 0 N–H and O–H groups in total. The molecule has 0 amide bonds. The molecule has 0 aliphatic rings. The Morgan fingerprint density at radius 3 is 3.00 bits per heavy atom. The zero-order valence-corrected chi connectivity index (χ0v) is 8.64. The van der Waals surface area contributed by atoms with Gasteiger partial charge in [-0.25, -0.2) is 0 Å². The summed E-state index contributed by atoms with van der Waals surface area (Å²) in [6, 6.07) is 3.85. The lowest BCUT2D eigenvalue weighted by atomic mass is 10.0. The second kappa shape index (κ2) is 5.18. The van der Waals surface area contributed by atoms with Gasteiger partial charge in [0, 0.05) is 22.7 Å². The van der Waals surface area contributed by atoms with Gasteiger partial charge >= 0.3 is 0 Å². The van der Waals surface area contributed by atoms with Crippen LogP contribution in [0.25, 0.3) is 0 Å². The second-order valence-electron chi connectivity index (χ2n) is 2.45. The summed E-state index contributed by atoms with van der Waals surface area (Å²) in [5.74, 6) is 0.219. The van der Waals surface area contributed by atoms with Crippen LogP contribution in [0, 0.1) is 4.91 Å². The van der Waals surface area contributed by atoms with Gasteiger partial charge < -0.3 is 0 Å². The van der Waals surface area contributed by atoms with Gasteiger partial charge in [-0.2, -0.15) is 4.91 Å². The summed E-state index contributed by atoms with van der Waals surface area (Å²) in [6.07, 6.45) is 3.51. The van der Waals surface area contributed by atoms with E-state index in [1.54, 1.807) is 12.4 Å². The van der Waals surface area contributed by atoms with Gasteiger partial charge in [0.15, 0.2) is 0 Å². The lowest BCUT2D eigenvalue weighted by molar-refractivity contribution is 0.787. The van der Waals surface area contributed by atoms with Gasteiger partial charge in [0.1, 0.15) is 0 Å². The Hall–Kier alpha value is -0.520. The van der Waals surface area contributed by atoms with E-state index in [0.29, 0.717) is 6.54 Å². The summed E-state index contributed by atoms with van der Waals surface area (Å²) in [7, 11) is 0. The molecule has 1 aromatic heterocycles. The van der Waals surface area contributed by atoms with Crippen molar-refractivity contribution in [2.24, 2.45) is 5.18 Å². The van der Waals surface area contributed by atoms with Crippen LogP contribution in [-0.2, 0) is 0 Å². The van der Waals surface area contributed by atoms with Crippen LogP contribution in [0.4, 0.5) is 0 Å². The Balaban J connectivity index is 2.72. The van der Waals surface area contributed by atoms with Crippen LogP contribution in [0.2, 0.25) is 0 Å². The molecule has 0 aromatic carbocycles. The quantitative estimate of drug-likeness (QED) is 0.481. The van der Waals surface area contributed by atoms with Crippen molar-refractivity contribution in [1.82, 2.24) is 4.98 Å². The van der Waals surface area contributed by atoms with E-state index in [4.69, 9.17) is 0 Å². The molecule has 0 aliphatic heterocycles. The van der Waals surface area contributed by atoms with Crippen molar-refractivity contribution in [2.75, 3.05) is 11.0 Å². The number of rotatable bonds is 4. The van der Waals surface area contributed by atoms with Gasteiger partial charge in [-0.05, 0) is 11.6 Å². The Morgan fingerprint density at radius 2 is 2.50 bits per heavy atom. The molecule has 0 bridgehead atoms. The average Bonchev–Trinajstić information content (AvgIpc) is 2.15. The molecule has 1 rings (SSSR count). The molecule has 0 aliphatic carbocycles. The van der Waals surface area contributed by atoms with E-state index in [9.17, 15) is 4.91 Å². The SMILES string of the molecule is O=NCC(CI)c1cccnc1. The van der Waals surface area contributed by atoms with Crippen molar-refractivity contribution in [3.8, 4) is 0 Å². The lowest BCUT2D eigenvalue weighted by Crippen LogP contribution is -2.03. The minimum atomic E-state index is 0.219. The smallest absolute Gasteiger partial charge is 0.0887 e. The topological polar surface area (TPSA) is 42.3 Å². The molecule has 0 fully saturated rings. The van der Waals surface area contributed by atoms with Gasteiger partial charge in [0.2, 0.25) is 0 Å². The van der Waals surface area contributed by atoms with Crippen molar-refractivity contribution in [2.45, 2.75) is 5.92 Å². The van der Waals surface area contributed by atoms with Crippen molar-refractivity contribution >= 4 is 22.6 Å². The standard InChI is InChI=1S/C8H9IN2O/c9-4-8(6-11-12)7-2-1-3-10-5-7/h1-3,5,8H,4,6H2. The Labute approximate surface area is 84.7 Å². The molecule has 1 unspecified atom stereocenters. The molecule has 4 heteroatoms. The Morgan fingerprint density at radius 1 is 1.67 bits per heavy atom. The molecule has 64 valence electrons. The number of nitroso groups, excluding NO2 is 1. The van der Waals surface area contributed by atoms with E-state index in [0.717, 1.165) is 9.99 Å². The van der Waals surface area contributed by atoms with Crippen LogP contribution in [0.1, 0.15) is 11.5 Å². The Bertz CT molecular complexity index is 240. The summed E-state index contributed by atoms with van der Waals surface area (Å²) < 4.78 is 0.898. The van der Waals surface area contributed by atoms with Gasteiger partial charge in [0.25, 0.3) is 0 Å². The van der Waals surface area contributed by atoms with Crippen molar-refractivity contribution in [1.29, 1.82) is 0 Å². The van der Waals surface area contributed by atoms with E-state index >= 15 is 0 Å². The van der Waals surface area contributed by atoms with Gasteiger partial charge in [-0.15, -0.1) is 0 Å². The number of hydrogen-bond acceptors (Lipinski definition) is 3. The van der Waals surface area contributed by atoms with E-state index in [-0.39, 0.29) is 5.92 Å². The third-order valence-corrected chi connectivity index (χ3v) is 2.70. The van der Waals surface area contributed by atoms with E-state index < -0.39 is 0 Å². The van der Waals surface area contributed by atoms with Crippen LogP contribution in [-0.4, -0.2) is 16.0 Å². The molecular weight excluding hydrogens is 267 g/mol. The molecule has 1 aromatic rings. The van der Waals surface area contributed by atoms with E-state index in [1.165, 1.54) is 0 Å². The van der Waals surface area contributed by atoms with E-state index in [2.05, 4.69) is 32.8 Å². The third kappa shape index (κ3) is 2.51. The van der Waals surface area contributed by atoms with Gasteiger partial charge in [-0.1, -0.05) is 33.8 Å². The fraction of sp³-hybridized carbons (Fsp3) is 0.375. The highest BCUT2D eigenvalue weighted by molar-refractivity contribution is 14.1. The van der Waals surface area contributed by atoms with Crippen LogP contribution >= 0.6 is 22.6 Å². The van der Waals surface area contributed by atoms with Crippen LogP contribution in [0.3, 0.4) is 0 Å². The largest absolute Gasteiger partial charge is 0.264 e. The molecule has 0 radical (unpaired) electrons. The van der Waals surface area contributed by atoms with Crippen LogP contribution in [0.5, 0.6) is 0 Å². The number of nitrogens with zero attached hydrogens (tertiary/aromatic N) is 2.